The molecule has 0 spiro atoms. The van der Waals surface area contributed by atoms with E-state index < -0.39 is 5.60 Å². The van der Waals surface area contributed by atoms with Gasteiger partial charge in [-0.05, 0) is 60.7 Å². The largest absolute Gasteiger partial charge is 0.459 e. The molecule has 0 aromatic carbocycles. The number of carbonyl (C=O) groups is 1. The summed E-state index contributed by atoms with van der Waals surface area (Å²) in [7, 11) is 2.13. The van der Waals surface area contributed by atoms with Gasteiger partial charge in [0.1, 0.15) is 11.6 Å². The van der Waals surface area contributed by atoms with Crippen LogP contribution in [0.15, 0.2) is 0 Å². The van der Waals surface area contributed by atoms with Crippen LogP contribution >= 0.6 is 0 Å². The molecule has 0 radical (unpaired) electrons. The second kappa shape index (κ2) is 5.83. The van der Waals surface area contributed by atoms with Gasteiger partial charge in [-0.2, -0.15) is 0 Å². The fourth-order valence-electron chi connectivity index (χ4n) is 1.99. The first-order valence-corrected chi connectivity index (χ1v) is 6.45. The first-order chi connectivity index (χ1) is 7.78. The number of piperidine rings is 1. The number of esters is 1. The van der Waals surface area contributed by atoms with Crippen LogP contribution in [0.5, 0.6) is 0 Å². The van der Waals surface area contributed by atoms with Gasteiger partial charge in [-0.25, -0.2) is 0 Å². The van der Waals surface area contributed by atoms with Gasteiger partial charge in [0.25, 0.3) is 0 Å². The molecule has 0 saturated carbocycles. The average molecular weight is 242 g/mol. The topological polar surface area (TPSA) is 41.6 Å². The van der Waals surface area contributed by atoms with E-state index in [4.69, 9.17) is 4.74 Å². The van der Waals surface area contributed by atoms with E-state index in [-0.39, 0.29) is 12.0 Å². The Kier molecular flexibility index (Phi) is 4.95. The highest BCUT2D eigenvalue weighted by Crippen LogP contribution is 2.11. The molecule has 0 aliphatic carbocycles. The summed E-state index contributed by atoms with van der Waals surface area (Å²) in [5.41, 5.74) is -0.403. The van der Waals surface area contributed by atoms with Crippen molar-refractivity contribution in [3.05, 3.63) is 0 Å². The van der Waals surface area contributed by atoms with E-state index in [0.717, 1.165) is 25.9 Å². The third kappa shape index (κ3) is 5.50. The molecule has 1 aliphatic rings. The van der Waals surface area contributed by atoms with Gasteiger partial charge < -0.3 is 15.0 Å². The van der Waals surface area contributed by atoms with Crippen molar-refractivity contribution in [1.82, 2.24) is 10.2 Å². The zero-order chi connectivity index (χ0) is 13.1. The molecule has 1 rings (SSSR count). The molecule has 4 heteroatoms. The summed E-state index contributed by atoms with van der Waals surface area (Å²) in [4.78, 5) is 14.1. The number of rotatable bonds is 3. The number of carbonyl (C=O) groups excluding carboxylic acids is 1. The lowest BCUT2D eigenvalue weighted by molar-refractivity contribution is -0.157. The summed E-state index contributed by atoms with van der Waals surface area (Å²) in [6, 6.07) is 0.219. The third-order valence-electron chi connectivity index (χ3n) is 2.96. The van der Waals surface area contributed by atoms with Crippen molar-refractivity contribution < 1.29 is 9.53 Å². The molecule has 0 aromatic rings. The molecule has 100 valence electrons. The van der Waals surface area contributed by atoms with Crippen molar-refractivity contribution in [2.75, 3.05) is 20.1 Å². The lowest BCUT2D eigenvalue weighted by Gasteiger charge is -2.31. The Bertz CT molecular complexity index is 253. The molecule has 0 aromatic heterocycles. The Morgan fingerprint density at radius 1 is 1.35 bits per heavy atom. The maximum atomic E-state index is 11.8. The summed E-state index contributed by atoms with van der Waals surface area (Å²) in [6.07, 6.45) is 2.20. The van der Waals surface area contributed by atoms with Crippen molar-refractivity contribution in [2.24, 2.45) is 0 Å². The minimum Gasteiger partial charge on any atom is -0.459 e. The van der Waals surface area contributed by atoms with Crippen LogP contribution in [0.2, 0.25) is 0 Å². The summed E-state index contributed by atoms with van der Waals surface area (Å²) in [5, 5.41) is 3.36. The highest BCUT2D eigenvalue weighted by Gasteiger charge is 2.25. The van der Waals surface area contributed by atoms with Crippen molar-refractivity contribution in [2.45, 2.75) is 58.2 Å². The van der Waals surface area contributed by atoms with Crippen molar-refractivity contribution >= 4 is 5.97 Å². The molecule has 0 amide bonds. The minimum absolute atomic E-state index is 0.156. The lowest BCUT2D eigenvalue weighted by atomic mass is 10.0. The van der Waals surface area contributed by atoms with Crippen LogP contribution in [0.4, 0.5) is 0 Å². The van der Waals surface area contributed by atoms with E-state index in [9.17, 15) is 4.79 Å². The number of nitrogens with zero attached hydrogens (tertiary/aromatic N) is 1. The van der Waals surface area contributed by atoms with E-state index in [0.29, 0.717) is 6.04 Å². The highest BCUT2D eigenvalue weighted by atomic mass is 16.6. The quantitative estimate of drug-likeness (QED) is 0.760. The summed E-state index contributed by atoms with van der Waals surface area (Å²) < 4.78 is 5.35. The Balaban J connectivity index is 2.33. The zero-order valence-electron chi connectivity index (χ0n) is 11.7. The monoisotopic (exact) mass is 242 g/mol. The van der Waals surface area contributed by atoms with Crippen molar-refractivity contribution in [3.8, 4) is 0 Å². The first-order valence-electron chi connectivity index (χ1n) is 6.45. The molecule has 1 unspecified atom stereocenters. The second-order valence-corrected chi connectivity index (χ2v) is 6.00. The minimum atomic E-state index is -0.403. The Labute approximate surface area is 105 Å². The van der Waals surface area contributed by atoms with E-state index in [1.807, 2.05) is 27.7 Å². The maximum Gasteiger partial charge on any atom is 0.323 e. The van der Waals surface area contributed by atoms with Crippen LogP contribution in [-0.4, -0.2) is 48.7 Å². The summed E-state index contributed by atoms with van der Waals surface area (Å²) in [5.74, 6) is -0.156. The van der Waals surface area contributed by atoms with Crippen molar-refractivity contribution in [3.63, 3.8) is 0 Å². The smallest absolute Gasteiger partial charge is 0.323 e. The fraction of sp³-hybridized carbons (Fsp3) is 0.923. The predicted molar refractivity (Wildman–Crippen MR) is 69.0 cm³/mol. The second-order valence-electron chi connectivity index (χ2n) is 6.00. The molecule has 1 saturated heterocycles. The standard InChI is InChI=1S/C13H26N2O2/c1-10(12(16)17-13(2,3)4)14-11-6-8-15(5)9-7-11/h10-11,14H,6-9H2,1-5H3. The lowest BCUT2D eigenvalue weighted by Crippen LogP contribution is -2.48. The highest BCUT2D eigenvalue weighted by molar-refractivity contribution is 5.75. The predicted octanol–water partition coefficient (Wildman–Crippen LogP) is 1.40. The van der Waals surface area contributed by atoms with E-state index in [1.165, 1.54) is 0 Å². The molecule has 17 heavy (non-hydrogen) atoms. The normalized spacial score (nSPS) is 21.2. The van der Waals surface area contributed by atoms with Crippen LogP contribution in [0.25, 0.3) is 0 Å². The number of likely N-dealkylation sites (tertiary alicyclic amines) is 1. The van der Waals surface area contributed by atoms with Gasteiger partial charge in [0.15, 0.2) is 0 Å². The molecular formula is C13H26N2O2. The van der Waals surface area contributed by atoms with Gasteiger partial charge in [-0.15, -0.1) is 0 Å². The van der Waals surface area contributed by atoms with Crippen LogP contribution in [-0.2, 0) is 9.53 Å². The van der Waals surface area contributed by atoms with Gasteiger partial charge in [-0.1, -0.05) is 0 Å². The number of ether oxygens (including phenoxy) is 1. The maximum absolute atomic E-state index is 11.8. The van der Waals surface area contributed by atoms with Gasteiger partial charge in [-0.3, -0.25) is 4.79 Å². The fourth-order valence-corrected chi connectivity index (χ4v) is 1.99. The van der Waals surface area contributed by atoms with E-state index >= 15 is 0 Å². The van der Waals surface area contributed by atoms with Crippen molar-refractivity contribution in [1.29, 1.82) is 0 Å². The van der Waals surface area contributed by atoms with Gasteiger partial charge in [0, 0.05) is 6.04 Å². The molecule has 1 N–H and O–H groups in total. The Hall–Kier alpha value is -0.610. The number of hydrogen-bond acceptors (Lipinski definition) is 4. The SMILES string of the molecule is CC(NC1CCN(C)CC1)C(=O)OC(C)(C)C. The van der Waals surface area contributed by atoms with Gasteiger partial charge >= 0.3 is 5.97 Å². The van der Waals surface area contributed by atoms with E-state index in [1.54, 1.807) is 0 Å². The van der Waals surface area contributed by atoms with Crippen LogP contribution < -0.4 is 5.32 Å². The zero-order valence-corrected chi connectivity index (χ0v) is 11.7. The number of hydrogen-bond donors (Lipinski definition) is 1. The molecule has 1 atom stereocenters. The molecule has 0 bridgehead atoms. The van der Waals surface area contributed by atoms with Crippen LogP contribution in [0, 0.1) is 0 Å². The average Bonchev–Trinajstić information content (AvgIpc) is 2.19. The molecule has 1 heterocycles. The summed E-state index contributed by atoms with van der Waals surface area (Å²) >= 11 is 0. The van der Waals surface area contributed by atoms with E-state index in [2.05, 4.69) is 17.3 Å². The molecular weight excluding hydrogens is 216 g/mol. The Morgan fingerprint density at radius 3 is 2.35 bits per heavy atom. The molecule has 1 aliphatic heterocycles. The summed E-state index contributed by atoms with van der Waals surface area (Å²) in [6.45, 7) is 9.76. The first kappa shape index (κ1) is 14.5. The molecule has 1 fully saturated rings. The van der Waals surface area contributed by atoms with Gasteiger partial charge in [0.05, 0.1) is 0 Å². The number of nitrogens with one attached hydrogen (secondary N) is 1. The Morgan fingerprint density at radius 2 is 1.88 bits per heavy atom. The van der Waals surface area contributed by atoms with Crippen LogP contribution in [0.1, 0.15) is 40.5 Å². The van der Waals surface area contributed by atoms with Crippen LogP contribution in [0.3, 0.4) is 0 Å². The molecule has 4 nitrogen and oxygen atoms in total. The van der Waals surface area contributed by atoms with Gasteiger partial charge in [0.2, 0.25) is 0 Å². The third-order valence-corrected chi connectivity index (χ3v) is 2.96.